The van der Waals surface area contributed by atoms with Crippen molar-refractivity contribution in [1.82, 2.24) is 20.1 Å². The van der Waals surface area contributed by atoms with Gasteiger partial charge < -0.3 is 10.6 Å². The van der Waals surface area contributed by atoms with Gasteiger partial charge in [-0.05, 0) is 37.1 Å². The Morgan fingerprint density at radius 2 is 2.38 bits per heavy atom. The minimum Gasteiger partial charge on any atom is -0.325 e. The van der Waals surface area contributed by atoms with Gasteiger partial charge in [-0.25, -0.2) is 9.67 Å². The third kappa shape index (κ3) is 3.66. The molecule has 2 N–H and O–H groups in total. The van der Waals surface area contributed by atoms with Gasteiger partial charge in [-0.3, -0.25) is 4.79 Å². The van der Waals surface area contributed by atoms with Crippen molar-refractivity contribution in [3.63, 3.8) is 0 Å². The Hall–Kier alpha value is -2.21. The summed E-state index contributed by atoms with van der Waals surface area (Å²) < 4.78 is 1.75. The molecule has 1 aromatic carbocycles. The molecule has 3 rings (SSSR count). The minimum absolute atomic E-state index is 0.0487. The van der Waals surface area contributed by atoms with Gasteiger partial charge in [-0.2, -0.15) is 5.10 Å². The Bertz CT molecular complexity index is 590. The fraction of sp³-hybridized carbons (Fsp3) is 0.400. The number of piperidine rings is 1. The van der Waals surface area contributed by atoms with Crippen molar-refractivity contribution in [3.05, 3.63) is 42.5 Å². The first-order valence-electron chi connectivity index (χ1n) is 7.27. The van der Waals surface area contributed by atoms with Gasteiger partial charge >= 0.3 is 0 Å². The number of aromatic nitrogens is 3. The maximum Gasteiger partial charge on any atom is 0.241 e. The first-order valence-corrected chi connectivity index (χ1v) is 7.27. The van der Waals surface area contributed by atoms with E-state index in [2.05, 4.69) is 20.7 Å². The van der Waals surface area contributed by atoms with Crippen LogP contribution in [0, 0.1) is 0 Å². The van der Waals surface area contributed by atoms with Crippen molar-refractivity contribution in [2.45, 2.75) is 31.8 Å². The molecule has 1 atom stereocenters. The highest BCUT2D eigenvalue weighted by Gasteiger charge is 2.20. The summed E-state index contributed by atoms with van der Waals surface area (Å²) in [6.07, 6.45) is 6.36. The third-order valence-corrected chi connectivity index (χ3v) is 3.63. The molecule has 1 saturated heterocycles. The van der Waals surface area contributed by atoms with E-state index in [9.17, 15) is 4.79 Å². The summed E-state index contributed by atoms with van der Waals surface area (Å²) in [5.41, 5.74) is 1.90. The van der Waals surface area contributed by atoms with Crippen LogP contribution in [0.1, 0.15) is 24.8 Å². The van der Waals surface area contributed by atoms with E-state index in [-0.39, 0.29) is 11.9 Å². The van der Waals surface area contributed by atoms with Gasteiger partial charge in [0.05, 0.1) is 12.6 Å². The number of nitrogens with one attached hydrogen (secondary N) is 2. The zero-order chi connectivity index (χ0) is 14.5. The highest BCUT2D eigenvalue weighted by molar-refractivity contribution is 5.94. The minimum atomic E-state index is -0.0716. The van der Waals surface area contributed by atoms with Crippen LogP contribution >= 0.6 is 0 Å². The second kappa shape index (κ2) is 6.49. The second-order valence-electron chi connectivity index (χ2n) is 5.29. The molecule has 1 aliphatic rings. The van der Waals surface area contributed by atoms with Crippen LogP contribution in [0.4, 0.5) is 5.69 Å². The lowest BCUT2D eigenvalue weighted by molar-refractivity contribution is -0.118. The molecule has 2 heterocycles. The molecule has 1 amide bonds. The molecule has 0 saturated carbocycles. The summed E-state index contributed by atoms with van der Waals surface area (Å²) in [5, 5.41) is 10.3. The largest absolute Gasteiger partial charge is 0.325 e. The molecule has 0 aliphatic carbocycles. The van der Waals surface area contributed by atoms with E-state index in [0.717, 1.165) is 37.1 Å². The molecule has 0 bridgehead atoms. The Morgan fingerprint density at radius 1 is 1.43 bits per heavy atom. The lowest BCUT2D eigenvalue weighted by atomic mass is 10.0. The van der Waals surface area contributed by atoms with Gasteiger partial charge in [0, 0.05) is 5.69 Å². The van der Waals surface area contributed by atoms with E-state index in [1.54, 1.807) is 11.0 Å². The molecular formula is C15H19N5O. The van der Waals surface area contributed by atoms with Crippen LogP contribution in [0.2, 0.25) is 0 Å². The number of hydrogen-bond donors (Lipinski definition) is 2. The lowest BCUT2D eigenvalue weighted by Crippen LogP contribution is -2.43. The van der Waals surface area contributed by atoms with Crippen molar-refractivity contribution < 1.29 is 4.79 Å². The van der Waals surface area contributed by atoms with Gasteiger partial charge in [-0.15, -0.1) is 0 Å². The standard InChI is InChI=1S/C15H19N5O/c21-15(14-6-1-2-7-17-14)19-13-5-3-4-12(8-13)9-20-11-16-10-18-20/h3-5,8,10-11,14,17H,1-2,6-7,9H2,(H,19,21). The molecular weight excluding hydrogens is 266 g/mol. The molecule has 6 nitrogen and oxygen atoms in total. The van der Waals surface area contributed by atoms with Gasteiger partial charge in [0.15, 0.2) is 0 Å². The van der Waals surface area contributed by atoms with Crippen molar-refractivity contribution in [1.29, 1.82) is 0 Å². The highest BCUT2D eigenvalue weighted by atomic mass is 16.2. The number of carbonyl (C=O) groups excluding carboxylic acids is 1. The molecule has 1 aromatic heterocycles. The van der Waals surface area contributed by atoms with E-state index >= 15 is 0 Å². The van der Waals surface area contributed by atoms with E-state index in [4.69, 9.17) is 0 Å². The summed E-state index contributed by atoms with van der Waals surface area (Å²) in [7, 11) is 0. The quantitative estimate of drug-likeness (QED) is 0.891. The van der Waals surface area contributed by atoms with Crippen molar-refractivity contribution in [2.24, 2.45) is 0 Å². The highest BCUT2D eigenvalue weighted by Crippen LogP contribution is 2.14. The first kappa shape index (κ1) is 13.8. The molecule has 2 aromatic rings. The van der Waals surface area contributed by atoms with Crippen LogP contribution in [-0.2, 0) is 11.3 Å². The average molecular weight is 285 g/mol. The maximum absolute atomic E-state index is 12.2. The molecule has 110 valence electrons. The molecule has 1 unspecified atom stereocenters. The Labute approximate surface area is 123 Å². The first-order chi connectivity index (χ1) is 10.3. The Kier molecular flexibility index (Phi) is 4.25. The van der Waals surface area contributed by atoms with E-state index < -0.39 is 0 Å². The van der Waals surface area contributed by atoms with Crippen LogP contribution in [0.25, 0.3) is 0 Å². The van der Waals surface area contributed by atoms with Crippen LogP contribution in [0.5, 0.6) is 0 Å². The van der Waals surface area contributed by atoms with Gasteiger partial charge in [0.1, 0.15) is 12.7 Å². The predicted octanol–water partition coefficient (Wildman–Crippen LogP) is 1.41. The van der Waals surface area contributed by atoms with Gasteiger partial charge in [0.2, 0.25) is 5.91 Å². The summed E-state index contributed by atoms with van der Waals surface area (Å²) in [6, 6.07) is 7.76. The Morgan fingerprint density at radius 3 is 3.14 bits per heavy atom. The molecule has 0 radical (unpaired) electrons. The van der Waals surface area contributed by atoms with Crippen LogP contribution in [0.3, 0.4) is 0 Å². The van der Waals surface area contributed by atoms with Gasteiger partial charge in [-0.1, -0.05) is 18.6 Å². The van der Waals surface area contributed by atoms with Crippen molar-refractivity contribution in [3.8, 4) is 0 Å². The van der Waals surface area contributed by atoms with Crippen LogP contribution in [-0.4, -0.2) is 33.3 Å². The normalized spacial score (nSPS) is 18.4. The van der Waals surface area contributed by atoms with Crippen LogP contribution in [0.15, 0.2) is 36.9 Å². The maximum atomic E-state index is 12.2. The van der Waals surface area contributed by atoms with Crippen molar-refractivity contribution >= 4 is 11.6 Å². The average Bonchev–Trinajstić information content (AvgIpc) is 3.01. The fourth-order valence-electron chi connectivity index (χ4n) is 2.55. The zero-order valence-electron chi connectivity index (χ0n) is 11.8. The lowest BCUT2D eigenvalue weighted by Gasteiger charge is -2.22. The Balaban J connectivity index is 1.63. The van der Waals surface area contributed by atoms with Crippen LogP contribution < -0.4 is 10.6 Å². The summed E-state index contributed by atoms with van der Waals surface area (Å²) in [6.45, 7) is 1.57. The number of nitrogens with zero attached hydrogens (tertiary/aromatic N) is 3. The molecule has 1 fully saturated rings. The molecule has 21 heavy (non-hydrogen) atoms. The summed E-state index contributed by atoms with van der Waals surface area (Å²) in [4.78, 5) is 16.1. The summed E-state index contributed by atoms with van der Waals surface area (Å²) in [5.74, 6) is 0.0487. The smallest absolute Gasteiger partial charge is 0.241 e. The van der Waals surface area contributed by atoms with E-state index in [0.29, 0.717) is 6.54 Å². The van der Waals surface area contributed by atoms with E-state index in [1.807, 2.05) is 24.3 Å². The number of anilines is 1. The number of amides is 1. The molecule has 0 spiro atoms. The van der Waals surface area contributed by atoms with E-state index in [1.165, 1.54) is 6.33 Å². The van der Waals surface area contributed by atoms with Gasteiger partial charge in [0.25, 0.3) is 0 Å². The SMILES string of the molecule is O=C(Nc1cccc(Cn2cncn2)c1)C1CCCCN1. The topological polar surface area (TPSA) is 71.8 Å². The summed E-state index contributed by atoms with van der Waals surface area (Å²) >= 11 is 0. The molecule has 1 aliphatic heterocycles. The van der Waals surface area contributed by atoms with Crippen molar-refractivity contribution in [2.75, 3.05) is 11.9 Å². The monoisotopic (exact) mass is 285 g/mol. The predicted molar refractivity (Wildman–Crippen MR) is 79.8 cm³/mol. The number of benzene rings is 1. The number of carbonyl (C=O) groups is 1. The third-order valence-electron chi connectivity index (χ3n) is 3.63. The zero-order valence-corrected chi connectivity index (χ0v) is 11.8. The number of rotatable bonds is 4. The second-order valence-corrected chi connectivity index (χ2v) is 5.29. The molecule has 6 heteroatoms. The fourth-order valence-corrected chi connectivity index (χ4v) is 2.55. The number of hydrogen-bond acceptors (Lipinski definition) is 4.